The number of methoxy groups -OCH3 is 3. The van der Waals surface area contributed by atoms with Crippen LogP contribution < -0.4 is 20.3 Å². The van der Waals surface area contributed by atoms with Crippen LogP contribution in [0, 0.1) is 6.92 Å². The van der Waals surface area contributed by atoms with Crippen molar-refractivity contribution >= 4 is 22.5 Å². The summed E-state index contributed by atoms with van der Waals surface area (Å²) in [6, 6.07) is 8.43. The van der Waals surface area contributed by atoms with Gasteiger partial charge in [-0.05, 0) is 31.2 Å². The Balaban J connectivity index is 2.00. The maximum Gasteiger partial charge on any atom is 0.260 e. The first-order chi connectivity index (χ1) is 14.0. The van der Waals surface area contributed by atoms with Crippen LogP contribution in [-0.2, 0) is 11.3 Å². The SMILES string of the molecule is COCCn1ccc2nc(C)c(C(=O)Nc3cc(OC)ccc3OC)cc2c1=O. The highest BCUT2D eigenvalue weighted by atomic mass is 16.5. The van der Waals surface area contributed by atoms with Crippen molar-refractivity contribution in [3.8, 4) is 11.5 Å². The maximum atomic E-state index is 12.9. The van der Waals surface area contributed by atoms with Gasteiger partial charge in [-0.1, -0.05) is 0 Å². The molecule has 2 aromatic heterocycles. The molecule has 0 fully saturated rings. The molecule has 8 heteroatoms. The second-order valence-electron chi connectivity index (χ2n) is 6.38. The summed E-state index contributed by atoms with van der Waals surface area (Å²) in [6.07, 6.45) is 1.68. The highest BCUT2D eigenvalue weighted by Gasteiger charge is 2.16. The number of ether oxygens (including phenoxy) is 3. The zero-order valence-electron chi connectivity index (χ0n) is 16.8. The van der Waals surface area contributed by atoms with Gasteiger partial charge < -0.3 is 24.1 Å². The zero-order valence-corrected chi connectivity index (χ0v) is 16.8. The van der Waals surface area contributed by atoms with Gasteiger partial charge in [-0.25, -0.2) is 0 Å². The van der Waals surface area contributed by atoms with Crippen LogP contribution in [0.5, 0.6) is 11.5 Å². The van der Waals surface area contributed by atoms with Crippen LogP contribution in [0.2, 0.25) is 0 Å². The largest absolute Gasteiger partial charge is 0.497 e. The van der Waals surface area contributed by atoms with E-state index in [9.17, 15) is 9.59 Å². The molecule has 1 amide bonds. The lowest BCUT2D eigenvalue weighted by molar-refractivity contribution is 0.102. The number of hydrogen-bond donors (Lipinski definition) is 1. The molecule has 29 heavy (non-hydrogen) atoms. The predicted octanol–water partition coefficient (Wildman–Crippen LogP) is 2.62. The molecule has 0 saturated heterocycles. The molecule has 0 spiro atoms. The number of rotatable bonds is 7. The van der Waals surface area contributed by atoms with E-state index in [0.717, 1.165) is 0 Å². The van der Waals surface area contributed by atoms with E-state index in [1.807, 2.05) is 0 Å². The van der Waals surface area contributed by atoms with Gasteiger partial charge in [0, 0.05) is 25.9 Å². The minimum absolute atomic E-state index is 0.222. The Hall–Kier alpha value is -3.39. The van der Waals surface area contributed by atoms with Gasteiger partial charge in [-0.3, -0.25) is 14.6 Å². The fourth-order valence-electron chi connectivity index (χ4n) is 3.00. The number of carbonyl (C=O) groups is 1. The lowest BCUT2D eigenvalue weighted by Gasteiger charge is -2.13. The third kappa shape index (κ3) is 4.22. The molecule has 3 aromatic rings. The first-order valence-electron chi connectivity index (χ1n) is 9.01. The van der Waals surface area contributed by atoms with Crippen molar-refractivity contribution in [3.63, 3.8) is 0 Å². The van der Waals surface area contributed by atoms with Gasteiger partial charge in [-0.2, -0.15) is 0 Å². The van der Waals surface area contributed by atoms with Crippen LogP contribution in [0.25, 0.3) is 10.9 Å². The molecule has 0 aliphatic carbocycles. The number of aryl methyl sites for hydroxylation is 1. The third-order valence-corrected chi connectivity index (χ3v) is 4.58. The van der Waals surface area contributed by atoms with Crippen molar-refractivity contribution in [2.75, 3.05) is 33.3 Å². The smallest absolute Gasteiger partial charge is 0.260 e. The van der Waals surface area contributed by atoms with Gasteiger partial charge in [0.05, 0.1) is 48.7 Å². The first-order valence-corrected chi connectivity index (χ1v) is 9.01. The van der Waals surface area contributed by atoms with Crippen LogP contribution in [0.1, 0.15) is 16.1 Å². The number of nitrogens with zero attached hydrogens (tertiary/aromatic N) is 2. The monoisotopic (exact) mass is 397 g/mol. The van der Waals surface area contributed by atoms with Gasteiger partial charge >= 0.3 is 0 Å². The van der Waals surface area contributed by atoms with Gasteiger partial charge in [0.2, 0.25) is 0 Å². The molecule has 2 heterocycles. The van der Waals surface area contributed by atoms with Crippen molar-refractivity contribution in [2.24, 2.45) is 0 Å². The van der Waals surface area contributed by atoms with Crippen molar-refractivity contribution < 1.29 is 19.0 Å². The number of nitrogens with one attached hydrogen (secondary N) is 1. The Morgan fingerprint density at radius 1 is 1.14 bits per heavy atom. The molecule has 0 atom stereocenters. The van der Waals surface area contributed by atoms with Gasteiger partial charge in [0.1, 0.15) is 11.5 Å². The quantitative estimate of drug-likeness (QED) is 0.659. The van der Waals surface area contributed by atoms with Crippen LogP contribution in [-0.4, -0.2) is 43.4 Å². The number of fused-ring (bicyclic) bond motifs is 1. The molecular weight excluding hydrogens is 374 g/mol. The molecule has 3 rings (SSSR count). The second-order valence-corrected chi connectivity index (χ2v) is 6.38. The minimum Gasteiger partial charge on any atom is -0.497 e. The predicted molar refractivity (Wildman–Crippen MR) is 110 cm³/mol. The number of anilines is 1. The van der Waals surface area contributed by atoms with Gasteiger partial charge in [-0.15, -0.1) is 0 Å². The van der Waals surface area contributed by atoms with E-state index in [-0.39, 0.29) is 5.56 Å². The fourth-order valence-corrected chi connectivity index (χ4v) is 3.00. The average Bonchev–Trinajstić information content (AvgIpc) is 2.72. The van der Waals surface area contributed by atoms with E-state index in [4.69, 9.17) is 14.2 Å². The van der Waals surface area contributed by atoms with Crippen LogP contribution in [0.4, 0.5) is 5.69 Å². The van der Waals surface area contributed by atoms with E-state index < -0.39 is 5.91 Å². The summed E-state index contributed by atoms with van der Waals surface area (Å²) in [5.41, 5.74) is 1.61. The summed E-state index contributed by atoms with van der Waals surface area (Å²) in [7, 11) is 4.63. The molecule has 0 unspecified atom stereocenters. The molecule has 1 aromatic carbocycles. The molecule has 0 aliphatic heterocycles. The highest BCUT2D eigenvalue weighted by Crippen LogP contribution is 2.29. The number of hydrogen-bond acceptors (Lipinski definition) is 6. The van der Waals surface area contributed by atoms with Gasteiger partial charge in [0.15, 0.2) is 0 Å². The summed E-state index contributed by atoms with van der Waals surface area (Å²) in [4.78, 5) is 30.1. The van der Waals surface area contributed by atoms with Crippen LogP contribution in [0.15, 0.2) is 41.3 Å². The van der Waals surface area contributed by atoms with Crippen molar-refractivity contribution in [1.82, 2.24) is 9.55 Å². The molecule has 152 valence electrons. The number of pyridine rings is 2. The Morgan fingerprint density at radius 3 is 2.62 bits per heavy atom. The van der Waals surface area contributed by atoms with Crippen LogP contribution >= 0.6 is 0 Å². The van der Waals surface area contributed by atoms with Gasteiger partial charge in [0.25, 0.3) is 11.5 Å². The summed E-state index contributed by atoms with van der Waals surface area (Å²) < 4.78 is 17.1. The van der Waals surface area contributed by atoms with E-state index in [1.165, 1.54) is 11.7 Å². The minimum atomic E-state index is -0.393. The molecule has 1 N–H and O–H groups in total. The molecule has 0 aliphatic rings. The first kappa shape index (κ1) is 20.3. The van der Waals surface area contributed by atoms with E-state index in [2.05, 4.69) is 10.3 Å². The number of aromatic nitrogens is 2. The summed E-state index contributed by atoms with van der Waals surface area (Å²) in [6.45, 7) is 2.56. The number of amides is 1. The molecule has 0 bridgehead atoms. The fraction of sp³-hybridized carbons (Fsp3) is 0.286. The summed E-state index contributed by atoms with van der Waals surface area (Å²) in [5.74, 6) is 0.679. The van der Waals surface area contributed by atoms with E-state index in [0.29, 0.717) is 52.5 Å². The number of carbonyl (C=O) groups excluding carboxylic acids is 1. The Kier molecular flexibility index (Phi) is 6.13. The zero-order chi connectivity index (χ0) is 21.0. The van der Waals surface area contributed by atoms with E-state index >= 15 is 0 Å². The number of benzene rings is 1. The van der Waals surface area contributed by atoms with Crippen molar-refractivity contribution in [1.29, 1.82) is 0 Å². The van der Waals surface area contributed by atoms with Crippen molar-refractivity contribution in [3.05, 3.63) is 58.1 Å². The van der Waals surface area contributed by atoms with E-state index in [1.54, 1.807) is 57.7 Å². The highest BCUT2D eigenvalue weighted by molar-refractivity contribution is 6.07. The molecule has 8 nitrogen and oxygen atoms in total. The summed E-state index contributed by atoms with van der Waals surface area (Å²) >= 11 is 0. The maximum absolute atomic E-state index is 12.9. The normalized spacial score (nSPS) is 10.8. The van der Waals surface area contributed by atoms with Crippen molar-refractivity contribution in [2.45, 2.75) is 13.5 Å². The second kappa shape index (κ2) is 8.74. The standard InChI is InChI=1S/C21H23N3O5/c1-13-15(20(25)23-18-11-14(28-3)5-6-19(18)29-4)12-16-17(22-13)7-8-24(21(16)26)9-10-27-2/h5-8,11-12H,9-10H2,1-4H3,(H,23,25). The average molecular weight is 397 g/mol. The molecule has 0 radical (unpaired) electrons. The third-order valence-electron chi connectivity index (χ3n) is 4.58. The lowest BCUT2D eigenvalue weighted by Crippen LogP contribution is -2.23. The van der Waals surface area contributed by atoms with Crippen LogP contribution in [0.3, 0.4) is 0 Å². The lowest BCUT2D eigenvalue weighted by atomic mass is 10.1. The Labute approximate surface area is 168 Å². The topological polar surface area (TPSA) is 91.7 Å². The Bertz CT molecular complexity index is 1110. The molecule has 0 saturated carbocycles. The Morgan fingerprint density at radius 2 is 1.93 bits per heavy atom. The summed E-state index contributed by atoms with van der Waals surface area (Å²) in [5, 5.41) is 3.19. The molecular formula is C21H23N3O5.